The van der Waals surface area contributed by atoms with Gasteiger partial charge < -0.3 is 15.2 Å². The number of benzene rings is 3. The first-order chi connectivity index (χ1) is 12.9. The van der Waals surface area contributed by atoms with Crippen molar-refractivity contribution in [2.24, 2.45) is 5.73 Å². The predicted octanol–water partition coefficient (Wildman–Crippen LogP) is 5.21. The molecule has 0 heterocycles. The van der Waals surface area contributed by atoms with Crippen molar-refractivity contribution in [3.8, 4) is 11.5 Å². The number of nitrogens with two attached hydrogens (primary N) is 1. The average molecular weight is 373 g/mol. The molecule has 0 aromatic heterocycles. The van der Waals surface area contributed by atoms with Gasteiger partial charge >= 0.3 is 6.36 Å². The lowest BCUT2D eigenvalue weighted by molar-refractivity contribution is -0.274. The Bertz CT molecular complexity index is 847. The molecule has 0 fully saturated rings. The molecule has 2 N–H and O–H groups in total. The largest absolute Gasteiger partial charge is 0.573 e. The molecule has 140 valence electrons. The van der Waals surface area contributed by atoms with Gasteiger partial charge in [-0.15, -0.1) is 13.2 Å². The molecule has 27 heavy (non-hydrogen) atoms. The number of alkyl halides is 3. The average Bonchev–Trinajstić information content (AvgIpc) is 2.66. The number of halogens is 3. The highest BCUT2D eigenvalue weighted by atomic mass is 19.4. The topological polar surface area (TPSA) is 44.5 Å². The van der Waals surface area contributed by atoms with Crippen molar-refractivity contribution in [1.29, 1.82) is 0 Å². The van der Waals surface area contributed by atoms with Crippen molar-refractivity contribution < 1.29 is 22.6 Å². The Balaban J connectivity index is 1.62. The third kappa shape index (κ3) is 5.49. The second-order valence-corrected chi connectivity index (χ2v) is 5.94. The van der Waals surface area contributed by atoms with Crippen molar-refractivity contribution in [3.05, 3.63) is 95.6 Å². The summed E-state index contributed by atoms with van der Waals surface area (Å²) in [7, 11) is 0. The minimum Gasteiger partial charge on any atom is -0.489 e. The van der Waals surface area contributed by atoms with Gasteiger partial charge in [-0.2, -0.15) is 0 Å². The zero-order valence-corrected chi connectivity index (χ0v) is 14.3. The Kier molecular flexibility index (Phi) is 5.66. The summed E-state index contributed by atoms with van der Waals surface area (Å²) in [5.41, 5.74) is 8.78. The molecular formula is C21H18F3NO2. The number of hydrogen-bond donors (Lipinski definition) is 1. The quantitative estimate of drug-likeness (QED) is 0.645. The lowest BCUT2D eigenvalue weighted by Crippen LogP contribution is -2.17. The molecule has 3 rings (SSSR count). The van der Waals surface area contributed by atoms with Crippen LogP contribution in [0.3, 0.4) is 0 Å². The van der Waals surface area contributed by atoms with Crippen LogP contribution >= 0.6 is 0 Å². The van der Waals surface area contributed by atoms with Gasteiger partial charge in [0.1, 0.15) is 18.1 Å². The molecule has 0 bridgehead atoms. The molecule has 0 unspecified atom stereocenters. The lowest BCUT2D eigenvalue weighted by atomic mass is 9.99. The zero-order valence-electron chi connectivity index (χ0n) is 14.3. The van der Waals surface area contributed by atoms with Gasteiger partial charge in [-0.1, -0.05) is 54.6 Å². The molecule has 0 radical (unpaired) electrons. The Hall–Kier alpha value is -2.99. The van der Waals surface area contributed by atoms with Crippen LogP contribution in [0.1, 0.15) is 22.7 Å². The SMILES string of the molecule is N[C@H](c1ccc(OCc2ccccc2)cc1)c1ccc(OC(F)(F)F)cc1. The van der Waals surface area contributed by atoms with Crippen LogP contribution in [-0.4, -0.2) is 6.36 Å². The van der Waals surface area contributed by atoms with Gasteiger partial charge in [-0.3, -0.25) is 0 Å². The van der Waals surface area contributed by atoms with Crippen LogP contribution in [0.15, 0.2) is 78.9 Å². The van der Waals surface area contributed by atoms with Crippen LogP contribution in [0.4, 0.5) is 13.2 Å². The highest BCUT2D eigenvalue weighted by molar-refractivity contribution is 5.37. The lowest BCUT2D eigenvalue weighted by Gasteiger charge is -2.15. The van der Waals surface area contributed by atoms with Gasteiger partial charge in [-0.05, 0) is 41.0 Å². The van der Waals surface area contributed by atoms with Crippen LogP contribution in [-0.2, 0) is 6.61 Å². The second kappa shape index (κ2) is 8.14. The van der Waals surface area contributed by atoms with Gasteiger partial charge in [0.05, 0.1) is 6.04 Å². The summed E-state index contributed by atoms with van der Waals surface area (Å²) in [5.74, 6) is 0.437. The maximum atomic E-state index is 12.2. The molecule has 0 saturated carbocycles. The molecule has 3 aromatic rings. The Labute approximate surface area is 155 Å². The van der Waals surface area contributed by atoms with Crippen LogP contribution in [0.5, 0.6) is 11.5 Å². The minimum atomic E-state index is -4.71. The first-order valence-corrected chi connectivity index (χ1v) is 8.29. The molecule has 0 aliphatic heterocycles. The molecular weight excluding hydrogens is 355 g/mol. The van der Waals surface area contributed by atoms with E-state index in [1.165, 1.54) is 24.3 Å². The third-order valence-corrected chi connectivity index (χ3v) is 3.96. The summed E-state index contributed by atoms with van der Waals surface area (Å²) in [6.07, 6.45) is -4.71. The fourth-order valence-electron chi connectivity index (χ4n) is 2.58. The van der Waals surface area contributed by atoms with E-state index in [9.17, 15) is 13.2 Å². The van der Waals surface area contributed by atoms with E-state index in [0.29, 0.717) is 17.9 Å². The van der Waals surface area contributed by atoms with E-state index in [4.69, 9.17) is 10.5 Å². The van der Waals surface area contributed by atoms with E-state index >= 15 is 0 Å². The van der Waals surface area contributed by atoms with E-state index in [1.807, 2.05) is 54.6 Å². The molecule has 3 nitrogen and oxygen atoms in total. The van der Waals surface area contributed by atoms with Crippen LogP contribution in [0.25, 0.3) is 0 Å². The Morgan fingerprint density at radius 3 is 1.78 bits per heavy atom. The standard InChI is InChI=1S/C21H18F3NO2/c22-21(23,24)27-19-12-8-17(9-13-19)20(25)16-6-10-18(11-7-16)26-14-15-4-2-1-3-5-15/h1-13,20H,14,25H2/t20-/m1/s1. The highest BCUT2D eigenvalue weighted by Gasteiger charge is 2.31. The number of ether oxygens (including phenoxy) is 2. The Morgan fingerprint density at radius 2 is 1.26 bits per heavy atom. The van der Waals surface area contributed by atoms with Crippen molar-refractivity contribution in [2.75, 3.05) is 0 Å². The second-order valence-electron chi connectivity index (χ2n) is 5.94. The number of rotatable bonds is 6. The first kappa shape index (κ1) is 18.8. The van der Waals surface area contributed by atoms with Crippen LogP contribution in [0.2, 0.25) is 0 Å². The van der Waals surface area contributed by atoms with E-state index in [2.05, 4.69) is 4.74 Å². The number of hydrogen-bond acceptors (Lipinski definition) is 3. The summed E-state index contributed by atoms with van der Waals surface area (Å²) in [6, 6.07) is 22.2. The zero-order chi connectivity index (χ0) is 19.3. The van der Waals surface area contributed by atoms with E-state index in [0.717, 1.165) is 11.1 Å². The summed E-state index contributed by atoms with van der Waals surface area (Å²) < 4.78 is 46.2. The summed E-state index contributed by atoms with van der Waals surface area (Å²) >= 11 is 0. The monoisotopic (exact) mass is 373 g/mol. The summed E-state index contributed by atoms with van der Waals surface area (Å²) in [6.45, 7) is 0.465. The minimum absolute atomic E-state index is 0.275. The fourth-order valence-corrected chi connectivity index (χ4v) is 2.58. The summed E-state index contributed by atoms with van der Waals surface area (Å²) in [4.78, 5) is 0. The molecule has 6 heteroatoms. The van der Waals surface area contributed by atoms with E-state index in [-0.39, 0.29) is 5.75 Å². The maximum absolute atomic E-state index is 12.2. The fraction of sp³-hybridized carbons (Fsp3) is 0.143. The highest BCUT2D eigenvalue weighted by Crippen LogP contribution is 2.27. The molecule has 3 aromatic carbocycles. The molecule has 0 saturated heterocycles. The van der Waals surface area contributed by atoms with Gasteiger partial charge in [-0.25, -0.2) is 0 Å². The van der Waals surface area contributed by atoms with E-state index in [1.54, 1.807) is 0 Å². The smallest absolute Gasteiger partial charge is 0.489 e. The van der Waals surface area contributed by atoms with Gasteiger partial charge in [0.25, 0.3) is 0 Å². The van der Waals surface area contributed by atoms with Crippen molar-refractivity contribution in [3.63, 3.8) is 0 Å². The van der Waals surface area contributed by atoms with Crippen molar-refractivity contribution in [1.82, 2.24) is 0 Å². The van der Waals surface area contributed by atoms with Crippen molar-refractivity contribution >= 4 is 0 Å². The van der Waals surface area contributed by atoms with E-state index < -0.39 is 12.4 Å². The maximum Gasteiger partial charge on any atom is 0.573 e. The predicted molar refractivity (Wildman–Crippen MR) is 96.4 cm³/mol. The first-order valence-electron chi connectivity index (χ1n) is 8.29. The normalized spacial score (nSPS) is 12.4. The van der Waals surface area contributed by atoms with Crippen LogP contribution < -0.4 is 15.2 Å². The molecule has 0 aliphatic rings. The summed E-state index contributed by atoms with van der Waals surface area (Å²) in [5, 5.41) is 0. The molecule has 0 amide bonds. The molecule has 0 aliphatic carbocycles. The van der Waals surface area contributed by atoms with Gasteiger partial charge in [0.15, 0.2) is 0 Å². The Morgan fingerprint density at radius 1 is 0.741 bits per heavy atom. The molecule has 0 spiro atoms. The van der Waals surface area contributed by atoms with Gasteiger partial charge in [0.2, 0.25) is 0 Å². The van der Waals surface area contributed by atoms with Gasteiger partial charge in [0, 0.05) is 0 Å². The molecule has 1 atom stereocenters. The third-order valence-electron chi connectivity index (χ3n) is 3.96. The van der Waals surface area contributed by atoms with Crippen LogP contribution in [0, 0.1) is 0 Å². The van der Waals surface area contributed by atoms with Crippen molar-refractivity contribution in [2.45, 2.75) is 19.0 Å².